The second-order valence-corrected chi connectivity index (χ2v) is 19.1. The molecule has 0 aliphatic heterocycles. The third-order valence-electron chi connectivity index (χ3n) is 11.5. The molecule has 0 aliphatic carbocycles. The van der Waals surface area contributed by atoms with E-state index in [9.17, 15) is 14.7 Å². The number of aryl methyl sites for hydroxylation is 2. The molecule has 0 bridgehead atoms. The van der Waals surface area contributed by atoms with Crippen molar-refractivity contribution in [2.45, 2.75) is 65.5 Å². The lowest BCUT2D eigenvalue weighted by Crippen LogP contribution is -2.55. The van der Waals surface area contributed by atoms with Crippen molar-refractivity contribution < 1.29 is 46.5 Å². The zero-order valence-corrected chi connectivity index (χ0v) is 42.4. The number of hydrogen-bond acceptors (Lipinski definition) is 12. The van der Waals surface area contributed by atoms with Gasteiger partial charge in [0, 0.05) is 92.2 Å². The van der Waals surface area contributed by atoms with Gasteiger partial charge in [-0.25, -0.2) is 18.4 Å². The molecule has 3 N–H and O–H groups in total. The molecule has 0 spiro atoms. The number of methoxy groups -OCH3 is 1. The Bertz CT molecular complexity index is 3380. The SMILES string of the molecule is COCCn1cc(-c2cc(Oc3ccc(NC(=O)N(c4cc(C(C)(C)C)nn4C)N(C(=O)Nc4ccc(Oc5ccnc(-c6cnn(CCO)c6)c5)c(F)c4F)c4cc(C(C)(C)C)nn4C)c(F)c3F)ccn2)cn1. The number of benzene rings is 2. The molecule has 8 aromatic rings. The van der Waals surface area contributed by atoms with Crippen LogP contribution in [-0.2, 0) is 42.8 Å². The van der Waals surface area contributed by atoms with Gasteiger partial charge in [0.2, 0.25) is 11.6 Å². The highest BCUT2D eigenvalue weighted by molar-refractivity contribution is 6.12. The molecule has 0 atom stereocenters. The van der Waals surface area contributed by atoms with E-state index >= 15 is 17.6 Å². The first kappa shape index (κ1) is 52.7. The van der Waals surface area contributed by atoms with Crippen LogP contribution in [0.1, 0.15) is 52.9 Å². The van der Waals surface area contributed by atoms with Gasteiger partial charge in [-0.2, -0.15) is 39.2 Å². The Morgan fingerprint density at radius 2 is 1.05 bits per heavy atom. The summed E-state index contributed by atoms with van der Waals surface area (Å²) in [5.41, 5.74) is 0.413. The van der Waals surface area contributed by atoms with Gasteiger partial charge < -0.3 is 30.0 Å². The molecule has 0 saturated heterocycles. The van der Waals surface area contributed by atoms with Crippen LogP contribution in [-0.4, -0.2) is 86.6 Å². The summed E-state index contributed by atoms with van der Waals surface area (Å²) < 4.78 is 87.0. The molecule has 0 saturated carbocycles. The maximum Gasteiger partial charge on any atom is 0.347 e. The van der Waals surface area contributed by atoms with Crippen molar-refractivity contribution in [1.82, 2.24) is 49.1 Å². The first-order valence-electron chi connectivity index (χ1n) is 23.3. The maximum absolute atomic E-state index is 16.3. The Labute approximate surface area is 428 Å². The summed E-state index contributed by atoms with van der Waals surface area (Å²) in [6, 6.07) is 10.8. The van der Waals surface area contributed by atoms with E-state index in [2.05, 4.69) is 41.0 Å². The average molecular weight is 1040 g/mol. The fourth-order valence-corrected chi connectivity index (χ4v) is 7.43. The van der Waals surface area contributed by atoms with E-state index in [0.29, 0.717) is 47.1 Å². The lowest BCUT2D eigenvalue weighted by atomic mass is 9.92. The molecule has 8 rings (SSSR count). The molecular formula is C51H54F4N14O6. The molecule has 75 heavy (non-hydrogen) atoms. The number of carbonyl (C=O) groups is 2. The number of nitrogens with one attached hydrogen (secondary N) is 2. The number of hydrogen-bond donors (Lipinski definition) is 3. The smallest absolute Gasteiger partial charge is 0.347 e. The quantitative estimate of drug-likeness (QED) is 0.0648. The predicted octanol–water partition coefficient (Wildman–Crippen LogP) is 9.74. The number of amides is 4. The summed E-state index contributed by atoms with van der Waals surface area (Å²) in [6.07, 6.45) is 9.35. The average Bonchev–Trinajstić information content (AvgIpc) is 4.20. The summed E-state index contributed by atoms with van der Waals surface area (Å²) in [5, 5.41) is 33.3. The van der Waals surface area contributed by atoms with Crippen molar-refractivity contribution in [3.63, 3.8) is 0 Å². The summed E-state index contributed by atoms with van der Waals surface area (Å²) in [7, 11) is 4.57. The first-order valence-corrected chi connectivity index (χ1v) is 23.3. The molecule has 0 radical (unpaired) electrons. The summed E-state index contributed by atoms with van der Waals surface area (Å²) in [5.74, 6) is -6.97. The lowest BCUT2D eigenvalue weighted by Gasteiger charge is -2.33. The van der Waals surface area contributed by atoms with Crippen LogP contribution in [0.25, 0.3) is 22.5 Å². The number of aromatic nitrogens is 10. The minimum atomic E-state index is -1.52. The number of halogens is 4. The normalized spacial score (nSPS) is 11.7. The van der Waals surface area contributed by atoms with E-state index in [4.69, 9.17) is 14.2 Å². The number of urea groups is 2. The van der Waals surface area contributed by atoms with Gasteiger partial charge in [-0.05, 0) is 36.4 Å². The van der Waals surface area contributed by atoms with E-state index in [-0.39, 0.29) is 36.3 Å². The van der Waals surface area contributed by atoms with Crippen LogP contribution in [0.2, 0.25) is 0 Å². The molecule has 392 valence electrons. The van der Waals surface area contributed by atoms with Crippen LogP contribution in [0.5, 0.6) is 23.0 Å². The van der Waals surface area contributed by atoms with E-state index in [1.54, 1.807) is 30.4 Å². The van der Waals surface area contributed by atoms with Crippen LogP contribution in [0.4, 0.5) is 50.2 Å². The molecule has 0 unspecified atom stereocenters. The van der Waals surface area contributed by atoms with Crippen LogP contribution >= 0.6 is 0 Å². The molecule has 6 heterocycles. The van der Waals surface area contributed by atoms with Crippen molar-refractivity contribution in [2.75, 3.05) is 41.0 Å². The Kier molecular flexibility index (Phi) is 15.1. The number of rotatable bonds is 15. The Hall–Kier alpha value is -8.64. The highest BCUT2D eigenvalue weighted by Crippen LogP contribution is 2.36. The molecular weight excluding hydrogens is 981 g/mol. The number of hydrazine groups is 1. The summed E-state index contributed by atoms with van der Waals surface area (Å²) >= 11 is 0. The minimum absolute atomic E-state index is 0.0717. The maximum atomic E-state index is 16.3. The zero-order valence-electron chi connectivity index (χ0n) is 42.4. The summed E-state index contributed by atoms with van der Waals surface area (Å²) in [6.45, 7) is 12.2. The van der Waals surface area contributed by atoms with Crippen LogP contribution in [0, 0.1) is 23.3 Å². The topological polar surface area (TPSA) is 210 Å². The predicted molar refractivity (Wildman–Crippen MR) is 270 cm³/mol. The molecule has 24 heteroatoms. The fourth-order valence-electron chi connectivity index (χ4n) is 7.43. The summed E-state index contributed by atoms with van der Waals surface area (Å²) in [4.78, 5) is 38.6. The van der Waals surface area contributed by atoms with Crippen molar-refractivity contribution in [3.05, 3.63) is 133 Å². The van der Waals surface area contributed by atoms with E-state index in [1.807, 2.05) is 41.5 Å². The zero-order chi connectivity index (χ0) is 53.9. The monoisotopic (exact) mass is 1030 g/mol. The van der Waals surface area contributed by atoms with Gasteiger partial charge in [0.05, 0.1) is 72.8 Å². The molecule has 20 nitrogen and oxygen atoms in total. The lowest BCUT2D eigenvalue weighted by molar-refractivity contribution is 0.183. The molecule has 4 amide bonds. The van der Waals surface area contributed by atoms with Crippen molar-refractivity contribution >= 4 is 35.1 Å². The number of ether oxygens (including phenoxy) is 3. The minimum Gasteiger partial charge on any atom is -0.454 e. The molecule has 0 aliphatic rings. The van der Waals surface area contributed by atoms with Gasteiger partial charge >= 0.3 is 12.1 Å². The van der Waals surface area contributed by atoms with Crippen LogP contribution in [0.15, 0.2) is 97.8 Å². The van der Waals surface area contributed by atoms with Crippen molar-refractivity contribution in [3.8, 4) is 45.5 Å². The van der Waals surface area contributed by atoms with Gasteiger partial charge in [-0.1, -0.05) is 41.5 Å². The largest absolute Gasteiger partial charge is 0.454 e. The van der Waals surface area contributed by atoms with Gasteiger partial charge in [-0.15, -0.1) is 0 Å². The first-order chi connectivity index (χ1) is 35.6. The Morgan fingerprint density at radius 3 is 1.44 bits per heavy atom. The Balaban J connectivity index is 1.13. The third-order valence-corrected chi connectivity index (χ3v) is 11.5. The number of aliphatic hydroxyl groups is 1. The number of anilines is 4. The van der Waals surface area contributed by atoms with Crippen molar-refractivity contribution in [1.29, 1.82) is 0 Å². The number of carbonyl (C=O) groups excluding carboxylic acids is 2. The molecule has 0 fully saturated rings. The standard InChI is InChI=1S/C51H54F4N14O6/c1-50(2,3)40-24-42(64(7)62-40)68(48(71)60-34-10-12-38(46(54)44(34)52)74-32-14-16-56-36(22-32)30-26-58-66(28-30)18-20-70)69(43-25-41(51(4,5)6)63-65(43)8)49(72)61-35-11-13-39(47(55)45(35)53)75-33-15-17-57-37(23-33)31-27-59-67(29-31)19-21-73-9/h10-17,22-29,70H,18-21H2,1-9H3,(H,60,71)(H,61,72). The van der Waals surface area contributed by atoms with Gasteiger partial charge in [0.15, 0.2) is 34.8 Å². The molecule has 2 aromatic carbocycles. The van der Waals surface area contributed by atoms with Gasteiger partial charge in [0.25, 0.3) is 0 Å². The van der Waals surface area contributed by atoms with Crippen molar-refractivity contribution in [2.24, 2.45) is 14.1 Å². The second kappa shape index (κ2) is 21.4. The number of nitrogens with zero attached hydrogens (tertiary/aromatic N) is 12. The number of pyridine rings is 2. The second-order valence-electron chi connectivity index (χ2n) is 19.1. The van der Waals surface area contributed by atoms with E-state index in [0.717, 1.165) is 34.3 Å². The van der Waals surface area contributed by atoms with E-state index in [1.165, 1.54) is 83.1 Å². The fraction of sp³-hybridized carbons (Fsp3) is 0.294. The van der Waals surface area contributed by atoms with Gasteiger partial charge in [-0.3, -0.25) is 28.7 Å². The third kappa shape index (κ3) is 11.6. The van der Waals surface area contributed by atoms with Crippen LogP contribution in [0.3, 0.4) is 0 Å². The van der Waals surface area contributed by atoms with Crippen LogP contribution < -0.4 is 30.1 Å². The molecule has 6 aromatic heterocycles. The highest BCUT2D eigenvalue weighted by atomic mass is 19.2. The van der Waals surface area contributed by atoms with E-state index < -0.39 is 69.0 Å². The Morgan fingerprint density at radius 1 is 0.627 bits per heavy atom. The highest BCUT2D eigenvalue weighted by Gasteiger charge is 2.38. The number of aliphatic hydroxyl groups excluding tert-OH is 1. The van der Waals surface area contributed by atoms with Gasteiger partial charge in [0.1, 0.15) is 11.5 Å².